The van der Waals surface area contributed by atoms with Crippen LogP contribution in [0.25, 0.3) is 0 Å². The SMILES string of the molecule is CCn1cc(CNC(=O)Nc2nnc(C(C)(C)C)s2)cn1. The summed E-state index contributed by atoms with van der Waals surface area (Å²) in [6.45, 7) is 9.43. The minimum absolute atomic E-state index is 0.0667. The zero-order valence-electron chi connectivity index (χ0n) is 12.7. The van der Waals surface area contributed by atoms with E-state index in [0.29, 0.717) is 11.7 Å². The summed E-state index contributed by atoms with van der Waals surface area (Å²) >= 11 is 1.39. The summed E-state index contributed by atoms with van der Waals surface area (Å²) < 4.78 is 1.81. The molecule has 2 rings (SSSR count). The molecule has 0 aromatic carbocycles. The Morgan fingerprint density at radius 2 is 2.14 bits per heavy atom. The third kappa shape index (κ3) is 4.25. The number of aryl methyl sites for hydroxylation is 1. The summed E-state index contributed by atoms with van der Waals surface area (Å²) in [7, 11) is 0. The quantitative estimate of drug-likeness (QED) is 0.908. The first-order valence-electron chi connectivity index (χ1n) is 6.78. The first kappa shape index (κ1) is 15.4. The molecule has 21 heavy (non-hydrogen) atoms. The standard InChI is InChI=1S/C13H20N6OS/c1-5-19-8-9(7-15-19)6-14-11(20)16-12-18-17-10(21-12)13(2,3)4/h7-8H,5-6H2,1-4H3,(H2,14,16,18,20). The average molecular weight is 308 g/mol. The van der Waals surface area contributed by atoms with Crippen molar-refractivity contribution in [1.82, 2.24) is 25.3 Å². The zero-order valence-corrected chi connectivity index (χ0v) is 13.5. The van der Waals surface area contributed by atoms with E-state index in [4.69, 9.17) is 0 Å². The topological polar surface area (TPSA) is 84.7 Å². The maximum absolute atomic E-state index is 11.8. The molecule has 0 saturated heterocycles. The highest BCUT2D eigenvalue weighted by atomic mass is 32.1. The van der Waals surface area contributed by atoms with Crippen LogP contribution in [-0.2, 0) is 18.5 Å². The molecule has 2 aromatic rings. The Morgan fingerprint density at radius 1 is 1.38 bits per heavy atom. The maximum Gasteiger partial charge on any atom is 0.321 e. The molecule has 0 radical (unpaired) electrons. The molecule has 114 valence electrons. The number of aromatic nitrogens is 4. The smallest absolute Gasteiger partial charge is 0.321 e. The summed E-state index contributed by atoms with van der Waals surface area (Å²) in [5.41, 5.74) is 0.891. The fourth-order valence-corrected chi connectivity index (χ4v) is 2.37. The van der Waals surface area contributed by atoms with Crippen LogP contribution < -0.4 is 10.6 Å². The lowest BCUT2D eigenvalue weighted by atomic mass is 9.98. The number of nitrogens with zero attached hydrogens (tertiary/aromatic N) is 4. The van der Waals surface area contributed by atoms with Crippen LogP contribution >= 0.6 is 11.3 Å². The molecule has 2 amide bonds. The van der Waals surface area contributed by atoms with E-state index < -0.39 is 0 Å². The fourth-order valence-electron chi connectivity index (χ4n) is 1.57. The molecule has 2 N–H and O–H groups in total. The monoisotopic (exact) mass is 308 g/mol. The molecule has 0 aliphatic rings. The minimum atomic E-state index is -0.296. The molecule has 0 fully saturated rings. The molecule has 0 saturated carbocycles. The van der Waals surface area contributed by atoms with Crippen LogP contribution in [0.3, 0.4) is 0 Å². The van der Waals surface area contributed by atoms with Crippen molar-refractivity contribution in [2.75, 3.05) is 5.32 Å². The number of hydrogen-bond acceptors (Lipinski definition) is 5. The Kier molecular flexibility index (Phi) is 4.56. The van der Waals surface area contributed by atoms with E-state index >= 15 is 0 Å². The molecule has 0 unspecified atom stereocenters. The van der Waals surface area contributed by atoms with E-state index in [2.05, 4.69) is 46.7 Å². The molecule has 0 bridgehead atoms. The van der Waals surface area contributed by atoms with Crippen LogP contribution in [0, 0.1) is 0 Å². The molecule has 0 spiro atoms. The second-order valence-corrected chi connectivity index (χ2v) is 6.65. The largest absolute Gasteiger partial charge is 0.334 e. The molecular weight excluding hydrogens is 288 g/mol. The molecular formula is C13H20N6OS. The van der Waals surface area contributed by atoms with E-state index in [-0.39, 0.29) is 11.4 Å². The summed E-state index contributed by atoms with van der Waals surface area (Å²) in [4.78, 5) is 11.8. The van der Waals surface area contributed by atoms with Crippen LogP contribution in [-0.4, -0.2) is 26.0 Å². The van der Waals surface area contributed by atoms with Crippen molar-refractivity contribution in [3.05, 3.63) is 23.0 Å². The van der Waals surface area contributed by atoms with E-state index in [0.717, 1.165) is 17.1 Å². The van der Waals surface area contributed by atoms with Gasteiger partial charge in [-0.3, -0.25) is 10.00 Å². The van der Waals surface area contributed by atoms with E-state index in [9.17, 15) is 4.79 Å². The Bertz CT molecular complexity index is 612. The molecule has 7 nitrogen and oxygen atoms in total. The third-order valence-corrected chi connectivity index (χ3v) is 4.02. The summed E-state index contributed by atoms with van der Waals surface area (Å²) in [5, 5.41) is 19.1. The van der Waals surface area contributed by atoms with Crippen LogP contribution in [0.1, 0.15) is 38.3 Å². The molecule has 0 aliphatic heterocycles. The number of nitrogens with one attached hydrogen (secondary N) is 2. The minimum Gasteiger partial charge on any atom is -0.334 e. The van der Waals surface area contributed by atoms with Gasteiger partial charge < -0.3 is 5.32 Å². The number of rotatable bonds is 4. The second-order valence-electron chi connectivity index (χ2n) is 5.67. The summed E-state index contributed by atoms with van der Waals surface area (Å²) in [5.74, 6) is 0. The van der Waals surface area contributed by atoms with Gasteiger partial charge in [0.2, 0.25) is 5.13 Å². The van der Waals surface area contributed by atoms with Crippen molar-refractivity contribution in [3.63, 3.8) is 0 Å². The Balaban J connectivity index is 1.85. The Labute approximate surface area is 127 Å². The van der Waals surface area contributed by atoms with Crippen molar-refractivity contribution in [2.45, 2.75) is 46.2 Å². The van der Waals surface area contributed by atoms with Gasteiger partial charge in [0.25, 0.3) is 0 Å². The van der Waals surface area contributed by atoms with Crippen LogP contribution in [0.2, 0.25) is 0 Å². The Morgan fingerprint density at radius 3 is 2.71 bits per heavy atom. The lowest BCUT2D eigenvalue weighted by Gasteiger charge is -2.12. The van der Waals surface area contributed by atoms with Gasteiger partial charge in [0.15, 0.2) is 0 Å². The predicted molar refractivity (Wildman–Crippen MR) is 82.4 cm³/mol. The second kappa shape index (κ2) is 6.21. The van der Waals surface area contributed by atoms with Crippen molar-refractivity contribution < 1.29 is 4.79 Å². The molecule has 8 heteroatoms. The van der Waals surface area contributed by atoms with Gasteiger partial charge in [0.05, 0.1) is 6.20 Å². The lowest BCUT2D eigenvalue weighted by molar-refractivity contribution is 0.251. The predicted octanol–water partition coefficient (Wildman–Crippen LogP) is 2.37. The number of hydrogen-bond donors (Lipinski definition) is 2. The van der Waals surface area contributed by atoms with Crippen LogP contribution in [0.4, 0.5) is 9.93 Å². The highest BCUT2D eigenvalue weighted by molar-refractivity contribution is 7.15. The molecule has 2 aromatic heterocycles. The molecule has 0 aliphatic carbocycles. The maximum atomic E-state index is 11.8. The van der Waals surface area contributed by atoms with Crippen molar-refractivity contribution in [3.8, 4) is 0 Å². The van der Waals surface area contributed by atoms with Crippen LogP contribution in [0.5, 0.6) is 0 Å². The fraction of sp³-hybridized carbons (Fsp3) is 0.538. The zero-order chi connectivity index (χ0) is 15.5. The summed E-state index contributed by atoms with van der Waals surface area (Å²) in [6, 6.07) is -0.296. The number of carbonyl (C=O) groups excluding carboxylic acids is 1. The van der Waals surface area contributed by atoms with Gasteiger partial charge >= 0.3 is 6.03 Å². The van der Waals surface area contributed by atoms with Gasteiger partial charge in [-0.05, 0) is 6.92 Å². The number of carbonyl (C=O) groups is 1. The van der Waals surface area contributed by atoms with Gasteiger partial charge in [-0.2, -0.15) is 5.10 Å². The van der Waals surface area contributed by atoms with E-state index in [1.165, 1.54) is 11.3 Å². The van der Waals surface area contributed by atoms with Gasteiger partial charge in [-0.25, -0.2) is 4.79 Å². The number of amides is 2. The van der Waals surface area contributed by atoms with Gasteiger partial charge in [0.1, 0.15) is 5.01 Å². The van der Waals surface area contributed by atoms with Gasteiger partial charge in [-0.1, -0.05) is 32.1 Å². The van der Waals surface area contributed by atoms with Gasteiger partial charge in [0, 0.05) is 30.3 Å². The number of anilines is 1. The average Bonchev–Trinajstić information content (AvgIpc) is 3.04. The highest BCUT2D eigenvalue weighted by Gasteiger charge is 2.19. The normalized spacial score (nSPS) is 11.4. The molecule has 0 atom stereocenters. The third-order valence-electron chi connectivity index (χ3n) is 2.75. The highest BCUT2D eigenvalue weighted by Crippen LogP contribution is 2.27. The van der Waals surface area contributed by atoms with Crippen molar-refractivity contribution in [2.24, 2.45) is 0 Å². The first-order valence-corrected chi connectivity index (χ1v) is 7.60. The van der Waals surface area contributed by atoms with Crippen molar-refractivity contribution in [1.29, 1.82) is 0 Å². The molecule has 2 heterocycles. The van der Waals surface area contributed by atoms with Gasteiger partial charge in [-0.15, -0.1) is 10.2 Å². The number of urea groups is 1. The first-order chi connectivity index (χ1) is 9.88. The summed E-state index contributed by atoms with van der Waals surface area (Å²) in [6.07, 6.45) is 3.65. The van der Waals surface area contributed by atoms with E-state index in [1.54, 1.807) is 6.20 Å². The van der Waals surface area contributed by atoms with Crippen molar-refractivity contribution >= 4 is 22.5 Å². The Hall–Kier alpha value is -1.96. The lowest BCUT2D eigenvalue weighted by Crippen LogP contribution is -2.28. The van der Waals surface area contributed by atoms with E-state index in [1.807, 2.05) is 17.8 Å². The van der Waals surface area contributed by atoms with Crippen LogP contribution in [0.15, 0.2) is 12.4 Å².